The topological polar surface area (TPSA) is 71.0 Å². The molecule has 4 rings (SSSR count). The maximum Gasteiger partial charge on any atom is 0.251 e. The van der Waals surface area contributed by atoms with Crippen LogP contribution < -0.4 is 10.2 Å². The van der Waals surface area contributed by atoms with Crippen LogP contribution in [0, 0.1) is 0 Å². The van der Waals surface area contributed by atoms with E-state index in [1.165, 1.54) is 0 Å². The highest BCUT2D eigenvalue weighted by Crippen LogP contribution is 2.20. The smallest absolute Gasteiger partial charge is 0.251 e. The highest BCUT2D eigenvalue weighted by molar-refractivity contribution is 7.16. The molecule has 1 amide bonds. The number of nitrogens with zero attached hydrogens (tertiary/aromatic N) is 4. The number of amides is 1. The van der Waals surface area contributed by atoms with Crippen LogP contribution in [0.25, 0.3) is 10.2 Å². The SMILES string of the molecule is O=C(N[C@H]1CCCN(c2cccnn2)C1)c1ccc2ncsc2c1. The van der Waals surface area contributed by atoms with Crippen LogP contribution >= 0.6 is 11.3 Å². The summed E-state index contributed by atoms with van der Waals surface area (Å²) in [7, 11) is 0. The van der Waals surface area contributed by atoms with Crippen molar-refractivity contribution in [3.05, 3.63) is 47.6 Å². The normalized spacial score (nSPS) is 17.8. The second-order valence-electron chi connectivity index (χ2n) is 5.88. The van der Waals surface area contributed by atoms with Gasteiger partial charge in [0, 0.05) is 30.9 Å². The van der Waals surface area contributed by atoms with Crippen LogP contribution in [0.3, 0.4) is 0 Å². The molecule has 1 aliphatic rings. The van der Waals surface area contributed by atoms with Crippen molar-refractivity contribution < 1.29 is 4.79 Å². The number of hydrogen-bond donors (Lipinski definition) is 1. The average molecular weight is 339 g/mol. The number of carbonyl (C=O) groups excluding carboxylic acids is 1. The lowest BCUT2D eigenvalue weighted by Crippen LogP contribution is -2.48. The molecule has 24 heavy (non-hydrogen) atoms. The van der Waals surface area contributed by atoms with Gasteiger partial charge in [0.15, 0.2) is 5.82 Å². The highest BCUT2D eigenvalue weighted by atomic mass is 32.1. The van der Waals surface area contributed by atoms with Gasteiger partial charge in [0.05, 0.1) is 15.7 Å². The monoisotopic (exact) mass is 339 g/mol. The number of hydrogen-bond acceptors (Lipinski definition) is 6. The third-order valence-electron chi connectivity index (χ3n) is 4.23. The first-order chi connectivity index (χ1) is 11.8. The molecule has 0 unspecified atom stereocenters. The van der Waals surface area contributed by atoms with E-state index in [0.29, 0.717) is 5.56 Å². The van der Waals surface area contributed by atoms with E-state index in [1.54, 1.807) is 23.0 Å². The first-order valence-electron chi connectivity index (χ1n) is 7.96. The van der Waals surface area contributed by atoms with Crippen molar-refractivity contribution in [2.24, 2.45) is 0 Å². The first kappa shape index (κ1) is 15.0. The predicted molar refractivity (Wildman–Crippen MR) is 94.4 cm³/mol. The highest BCUT2D eigenvalue weighted by Gasteiger charge is 2.23. The molecule has 1 fully saturated rings. The van der Waals surface area contributed by atoms with Crippen molar-refractivity contribution in [3.8, 4) is 0 Å². The van der Waals surface area contributed by atoms with E-state index in [0.717, 1.165) is 42.0 Å². The van der Waals surface area contributed by atoms with Gasteiger partial charge < -0.3 is 10.2 Å². The number of nitrogens with one attached hydrogen (secondary N) is 1. The number of thiazole rings is 1. The third kappa shape index (κ3) is 3.07. The van der Waals surface area contributed by atoms with E-state index < -0.39 is 0 Å². The minimum atomic E-state index is -0.0312. The molecule has 2 aromatic heterocycles. The second kappa shape index (κ2) is 6.52. The fourth-order valence-electron chi connectivity index (χ4n) is 3.03. The quantitative estimate of drug-likeness (QED) is 0.794. The summed E-state index contributed by atoms with van der Waals surface area (Å²) >= 11 is 1.55. The van der Waals surface area contributed by atoms with Gasteiger partial charge in [-0.2, -0.15) is 5.10 Å². The number of fused-ring (bicyclic) bond motifs is 1. The molecule has 1 saturated heterocycles. The van der Waals surface area contributed by atoms with Crippen molar-refractivity contribution in [3.63, 3.8) is 0 Å². The number of benzene rings is 1. The zero-order valence-electron chi connectivity index (χ0n) is 13.1. The number of anilines is 1. The summed E-state index contributed by atoms with van der Waals surface area (Å²) in [5, 5.41) is 11.2. The van der Waals surface area contributed by atoms with E-state index in [4.69, 9.17) is 0 Å². The Kier molecular flexibility index (Phi) is 4.08. The Hall–Kier alpha value is -2.54. The molecule has 6 nitrogen and oxygen atoms in total. The summed E-state index contributed by atoms with van der Waals surface area (Å²) in [4.78, 5) is 19.0. The van der Waals surface area contributed by atoms with Gasteiger partial charge in [0.1, 0.15) is 0 Å². The van der Waals surface area contributed by atoms with Crippen molar-refractivity contribution in [1.82, 2.24) is 20.5 Å². The zero-order chi connectivity index (χ0) is 16.4. The lowest BCUT2D eigenvalue weighted by Gasteiger charge is -2.33. The van der Waals surface area contributed by atoms with Gasteiger partial charge in [-0.05, 0) is 43.2 Å². The average Bonchev–Trinajstić information content (AvgIpc) is 3.10. The first-order valence-corrected chi connectivity index (χ1v) is 8.84. The molecule has 1 atom stereocenters. The lowest BCUT2D eigenvalue weighted by atomic mass is 10.0. The van der Waals surface area contributed by atoms with Crippen LogP contribution in [0.4, 0.5) is 5.82 Å². The van der Waals surface area contributed by atoms with Gasteiger partial charge in [-0.3, -0.25) is 4.79 Å². The molecule has 122 valence electrons. The van der Waals surface area contributed by atoms with Crippen LogP contribution in [0.15, 0.2) is 42.0 Å². The Morgan fingerprint density at radius 3 is 3.17 bits per heavy atom. The Morgan fingerprint density at radius 1 is 1.33 bits per heavy atom. The number of piperidine rings is 1. The fraction of sp³-hybridized carbons (Fsp3) is 0.294. The Bertz CT molecular complexity index is 850. The van der Waals surface area contributed by atoms with Gasteiger partial charge in [0.25, 0.3) is 5.91 Å². The fourth-order valence-corrected chi connectivity index (χ4v) is 3.75. The van der Waals surface area contributed by atoms with Crippen LogP contribution in [0.1, 0.15) is 23.2 Å². The van der Waals surface area contributed by atoms with Gasteiger partial charge in [0.2, 0.25) is 0 Å². The van der Waals surface area contributed by atoms with Crippen LogP contribution in [0.5, 0.6) is 0 Å². The molecule has 1 aliphatic heterocycles. The molecule has 1 N–H and O–H groups in total. The van der Waals surface area contributed by atoms with Crippen molar-refractivity contribution >= 4 is 33.3 Å². The van der Waals surface area contributed by atoms with Gasteiger partial charge in [-0.1, -0.05) is 0 Å². The van der Waals surface area contributed by atoms with Crippen molar-refractivity contribution in [2.75, 3.05) is 18.0 Å². The van der Waals surface area contributed by atoms with Crippen LogP contribution in [-0.2, 0) is 0 Å². The minimum Gasteiger partial charge on any atom is -0.353 e. The van der Waals surface area contributed by atoms with Gasteiger partial charge in [-0.15, -0.1) is 16.4 Å². The lowest BCUT2D eigenvalue weighted by molar-refractivity contribution is 0.0933. The van der Waals surface area contributed by atoms with Crippen LogP contribution in [-0.4, -0.2) is 40.2 Å². The van der Waals surface area contributed by atoms with E-state index in [2.05, 4.69) is 25.4 Å². The zero-order valence-corrected chi connectivity index (χ0v) is 13.9. The van der Waals surface area contributed by atoms with Crippen molar-refractivity contribution in [1.29, 1.82) is 0 Å². The molecular weight excluding hydrogens is 322 g/mol. The molecule has 0 bridgehead atoms. The molecule has 3 heterocycles. The Labute approximate surface area is 143 Å². The summed E-state index contributed by atoms with van der Waals surface area (Å²) in [6.07, 6.45) is 3.67. The Morgan fingerprint density at radius 2 is 2.29 bits per heavy atom. The van der Waals surface area contributed by atoms with Gasteiger partial charge >= 0.3 is 0 Å². The number of rotatable bonds is 3. The number of carbonyl (C=O) groups is 1. The molecule has 0 aliphatic carbocycles. The maximum atomic E-state index is 12.5. The van der Waals surface area contributed by atoms with E-state index in [-0.39, 0.29) is 11.9 Å². The summed E-state index contributed by atoms with van der Waals surface area (Å²) in [6.45, 7) is 1.70. The summed E-state index contributed by atoms with van der Waals surface area (Å²) in [5.41, 5.74) is 3.41. The van der Waals surface area contributed by atoms with E-state index in [1.807, 2.05) is 30.3 Å². The molecular formula is C17H17N5OS. The van der Waals surface area contributed by atoms with E-state index in [9.17, 15) is 4.79 Å². The standard InChI is InChI=1S/C17H17N5OS/c23-17(12-5-6-14-15(9-12)24-11-18-14)20-13-3-2-8-22(10-13)16-4-1-7-19-21-16/h1,4-7,9,11,13H,2-3,8,10H2,(H,20,23)/t13-/m0/s1. The molecule has 1 aromatic carbocycles. The number of aromatic nitrogens is 3. The molecule has 0 radical (unpaired) electrons. The van der Waals surface area contributed by atoms with Crippen LogP contribution in [0.2, 0.25) is 0 Å². The molecule has 0 saturated carbocycles. The predicted octanol–water partition coefficient (Wildman–Crippen LogP) is 2.49. The van der Waals surface area contributed by atoms with Gasteiger partial charge in [-0.25, -0.2) is 4.98 Å². The second-order valence-corrected chi connectivity index (χ2v) is 6.76. The minimum absolute atomic E-state index is 0.0312. The maximum absolute atomic E-state index is 12.5. The van der Waals surface area contributed by atoms with E-state index >= 15 is 0 Å². The largest absolute Gasteiger partial charge is 0.353 e. The Balaban J connectivity index is 1.45. The summed E-state index contributed by atoms with van der Waals surface area (Å²) < 4.78 is 1.03. The van der Waals surface area contributed by atoms with Crippen molar-refractivity contribution in [2.45, 2.75) is 18.9 Å². The molecule has 0 spiro atoms. The molecule has 7 heteroatoms. The molecule has 3 aromatic rings. The summed E-state index contributed by atoms with van der Waals surface area (Å²) in [6, 6.07) is 9.59. The third-order valence-corrected chi connectivity index (χ3v) is 5.02. The summed E-state index contributed by atoms with van der Waals surface area (Å²) in [5.74, 6) is 0.832.